The molecule has 6 nitrogen and oxygen atoms in total. The van der Waals surface area contributed by atoms with E-state index in [0.29, 0.717) is 13.2 Å². The van der Waals surface area contributed by atoms with Crippen LogP contribution in [0.25, 0.3) is 0 Å². The lowest BCUT2D eigenvalue weighted by atomic mass is 9.94. The molecule has 0 aliphatic rings. The van der Waals surface area contributed by atoms with Gasteiger partial charge < -0.3 is 23.7 Å². The van der Waals surface area contributed by atoms with Crippen LogP contribution in [0.4, 0.5) is 0 Å². The summed E-state index contributed by atoms with van der Waals surface area (Å²) in [6.45, 7) is 13.4. The molecule has 1 N–H and O–H groups in total. The van der Waals surface area contributed by atoms with E-state index in [1.807, 2.05) is 13.8 Å². The third-order valence-corrected chi connectivity index (χ3v) is 10.9. The summed E-state index contributed by atoms with van der Waals surface area (Å²) >= 11 is 0. The Kier molecular flexibility index (Phi) is 32.0. The van der Waals surface area contributed by atoms with Crippen molar-refractivity contribution in [1.29, 1.82) is 0 Å². The molecule has 0 aromatic carbocycles. The number of esters is 1. The molecule has 0 bridgehead atoms. The lowest BCUT2D eigenvalue weighted by Gasteiger charge is -2.33. The fraction of sp³-hybridized carbons (Fsp3) is 0.974. The number of carbonyl (C=O) groups excluding carboxylic acids is 1. The van der Waals surface area contributed by atoms with Gasteiger partial charge in [-0.15, -0.1) is 10.3 Å². The van der Waals surface area contributed by atoms with E-state index < -0.39 is 10.3 Å². The number of rotatable bonds is 35. The molecule has 7 heteroatoms. The van der Waals surface area contributed by atoms with Gasteiger partial charge in [0.2, 0.25) is 0 Å². The van der Waals surface area contributed by atoms with Gasteiger partial charge in [0.1, 0.15) is 0 Å². The first-order valence-electron chi connectivity index (χ1n) is 19.3. The van der Waals surface area contributed by atoms with E-state index >= 15 is 0 Å². The zero-order chi connectivity index (χ0) is 33.4. The molecule has 0 spiro atoms. The summed E-state index contributed by atoms with van der Waals surface area (Å²) in [5.74, 6) is 1.30. The normalized spacial score (nSPS) is 13.8. The summed E-state index contributed by atoms with van der Waals surface area (Å²) in [4.78, 5) is 15.5. The zero-order valence-corrected chi connectivity index (χ0v) is 31.9. The molecule has 2 atom stereocenters. The molecule has 0 aromatic heterocycles. The van der Waals surface area contributed by atoms with Crippen molar-refractivity contribution in [2.45, 2.75) is 175 Å². The first-order valence-corrected chi connectivity index (χ1v) is 21.8. The molecule has 0 aromatic rings. The largest absolute Gasteiger partial charge is 0.465 e. The Morgan fingerprint density at radius 1 is 0.667 bits per heavy atom. The van der Waals surface area contributed by atoms with E-state index in [0.717, 1.165) is 76.8 Å². The highest BCUT2D eigenvalue weighted by molar-refractivity contribution is 8.28. The fourth-order valence-electron chi connectivity index (χ4n) is 6.05. The Labute approximate surface area is 283 Å². The van der Waals surface area contributed by atoms with Gasteiger partial charge in [-0.3, -0.25) is 4.79 Å². The lowest BCUT2D eigenvalue weighted by Crippen LogP contribution is -2.27. The van der Waals surface area contributed by atoms with Crippen LogP contribution >= 0.6 is 10.3 Å². The molecule has 0 amide bonds. The second-order valence-electron chi connectivity index (χ2n) is 13.6. The van der Waals surface area contributed by atoms with Crippen molar-refractivity contribution in [2.24, 2.45) is 5.92 Å². The number of hydrogen-bond donors (Lipinski definition) is 1. The van der Waals surface area contributed by atoms with E-state index in [4.69, 9.17) is 13.7 Å². The summed E-state index contributed by atoms with van der Waals surface area (Å²) in [5.41, 5.74) is 0. The number of ether oxygens (including phenoxy) is 2. The van der Waals surface area contributed by atoms with Gasteiger partial charge >= 0.3 is 5.97 Å². The van der Waals surface area contributed by atoms with Crippen LogP contribution < -0.4 is 0 Å². The molecule has 0 rings (SSSR count). The maximum atomic E-state index is 12.9. The number of hydrogen-bond acceptors (Lipinski definition) is 6. The van der Waals surface area contributed by atoms with Crippen LogP contribution in [0.1, 0.15) is 169 Å². The molecule has 0 saturated carbocycles. The molecule has 45 heavy (non-hydrogen) atoms. The molecular formula is C38H79NO5S. The summed E-state index contributed by atoms with van der Waals surface area (Å²) in [7, 11) is -1.05. The van der Waals surface area contributed by atoms with Crippen LogP contribution in [0.2, 0.25) is 0 Å². The monoisotopic (exact) mass is 662 g/mol. The first-order chi connectivity index (χ1) is 21.8. The van der Waals surface area contributed by atoms with Crippen molar-refractivity contribution in [3.63, 3.8) is 0 Å². The summed E-state index contributed by atoms with van der Waals surface area (Å²) in [6.07, 6.45) is 30.3. The highest BCUT2D eigenvalue weighted by atomic mass is 32.3. The Morgan fingerprint density at radius 3 is 1.73 bits per heavy atom. The zero-order valence-electron chi connectivity index (χ0n) is 31.1. The highest BCUT2D eigenvalue weighted by Gasteiger charge is 2.19. The molecular weight excluding hydrogens is 582 g/mol. The summed E-state index contributed by atoms with van der Waals surface area (Å²) in [6, 6.07) is 0. The van der Waals surface area contributed by atoms with Crippen molar-refractivity contribution in [3.05, 3.63) is 0 Å². The van der Waals surface area contributed by atoms with Crippen molar-refractivity contribution in [3.8, 4) is 0 Å². The number of aliphatic hydroxyl groups excluding tert-OH is 1. The van der Waals surface area contributed by atoms with E-state index in [1.165, 1.54) is 89.9 Å². The van der Waals surface area contributed by atoms with Gasteiger partial charge in [0.25, 0.3) is 0 Å². The van der Waals surface area contributed by atoms with Gasteiger partial charge in [-0.2, -0.15) is 0 Å². The minimum atomic E-state index is -1.05. The van der Waals surface area contributed by atoms with E-state index in [1.54, 1.807) is 0 Å². The lowest BCUT2D eigenvalue weighted by molar-refractivity contribution is -0.149. The average molecular weight is 662 g/mol. The predicted molar refractivity (Wildman–Crippen MR) is 197 cm³/mol. The summed E-state index contributed by atoms with van der Waals surface area (Å²) in [5, 5.41) is 9.25. The topological polar surface area (TPSA) is 68.2 Å². The summed E-state index contributed by atoms with van der Waals surface area (Å²) < 4.78 is 17.5. The van der Waals surface area contributed by atoms with E-state index in [9.17, 15) is 9.90 Å². The quantitative estimate of drug-likeness (QED) is 0.0414. The van der Waals surface area contributed by atoms with Crippen LogP contribution in [-0.2, 0) is 18.5 Å². The standard InChI is InChI=1S/C38H79NO5S/c1-7-10-12-14-15-21-29-37(28-20-13-11-8-2)38(41)43-34-26-18-16-22-30-39(32-24-25-33-40)31-23-17-19-27-35-45(5,6)44-36(4)42-9-3/h36-37,40H,7-35H2,1-6H3. The molecule has 0 heterocycles. The SMILES string of the molecule is CCCCCCCCC(CCCCCC)C(=O)OCCCCCCN(CCCCO)CCCCCCS(C)(C)OC(C)OCC. The Bertz CT molecular complexity index is 635. The van der Waals surface area contributed by atoms with E-state index in [2.05, 4.69) is 31.3 Å². The Hall–Kier alpha value is -0.340. The molecule has 0 fully saturated rings. The smallest absolute Gasteiger partial charge is 0.308 e. The number of aliphatic hydroxyl groups is 1. The van der Waals surface area contributed by atoms with Gasteiger partial charge in [0.15, 0.2) is 6.29 Å². The Balaban J connectivity index is 4.25. The third-order valence-electron chi connectivity index (χ3n) is 8.80. The average Bonchev–Trinajstić information content (AvgIpc) is 3.00. The van der Waals surface area contributed by atoms with Crippen molar-refractivity contribution >= 4 is 16.3 Å². The van der Waals surface area contributed by atoms with Gasteiger partial charge in [-0.25, -0.2) is 0 Å². The fourth-order valence-corrected chi connectivity index (χ4v) is 7.83. The third kappa shape index (κ3) is 29.5. The minimum Gasteiger partial charge on any atom is -0.465 e. The van der Waals surface area contributed by atoms with Gasteiger partial charge in [0.05, 0.1) is 12.5 Å². The maximum absolute atomic E-state index is 12.9. The van der Waals surface area contributed by atoms with E-state index in [-0.39, 0.29) is 24.8 Å². The highest BCUT2D eigenvalue weighted by Crippen LogP contribution is 2.43. The molecule has 272 valence electrons. The van der Waals surface area contributed by atoms with Gasteiger partial charge in [0, 0.05) is 13.2 Å². The first kappa shape index (κ1) is 44.7. The predicted octanol–water partition coefficient (Wildman–Crippen LogP) is 10.4. The van der Waals surface area contributed by atoms with Gasteiger partial charge in [-0.05, 0) is 103 Å². The number of nitrogens with zero attached hydrogens (tertiary/aromatic N) is 1. The van der Waals surface area contributed by atoms with Gasteiger partial charge in [-0.1, -0.05) is 104 Å². The van der Waals surface area contributed by atoms with Crippen molar-refractivity contribution < 1.29 is 23.6 Å². The molecule has 0 radical (unpaired) electrons. The van der Waals surface area contributed by atoms with Crippen LogP contribution in [0.15, 0.2) is 0 Å². The van der Waals surface area contributed by atoms with Crippen LogP contribution in [0.3, 0.4) is 0 Å². The molecule has 0 aliphatic carbocycles. The molecule has 2 unspecified atom stereocenters. The second-order valence-corrected chi connectivity index (χ2v) is 17.1. The van der Waals surface area contributed by atoms with Crippen molar-refractivity contribution in [1.82, 2.24) is 4.90 Å². The van der Waals surface area contributed by atoms with Crippen LogP contribution in [-0.4, -0.2) is 80.0 Å². The van der Waals surface area contributed by atoms with Crippen LogP contribution in [0.5, 0.6) is 0 Å². The second kappa shape index (κ2) is 32.2. The maximum Gasteiger partial charge on any atom is 0.308 e. The molecule has 0 saturated heterocycles. The number of carbonyl (C=O) groups is 1. The molecule has 0 aliphatic heterocycles. The minimum absolute atomic E-state index is 0.0627. The Morgan fingerprint density at radius 2 is 1.16 bits per heavy atom. The number of unbranched alkanes of at least 4 members (excludes halogenated alkanes) is 15. The van der Waals surface area contributed by atoms with Crippen LogP contribution in [0, 0.1) is 5.92 Å². The van der Waals surface area contributed by atoms with Crippen molar-refractivity contribution in [2.75, 3.05) is 57.7 Å².